The Morgan fingerprint density at radius 1 is 1.36 bits per heavy atom. The lowest BCUT2D eigenvalue weighted by atomic mass is 9.99. The molecule has 2 N–H and O–H groups in total. The molecule has 1 aliphatic rings. The normalized spacial score (nSPS) is 19.3. The third kappa shape index (κ3) is 4.17. The molecule has 0 bridgehead atoms. The molecule has 0 aliphatic carbocycles. The van der Waals surface area contributed by atoms with E-state index >= 15 is 0 Å². The van der Waals surface area contributed by atoms with Gasteiger partial charge in [0.1, 0.15) is 11.1 Å². The predicted molar refractivity (Wildman–Crippen MR) is 112 cm³/mol. The molecular weight excluding hydrogens is 392 g/mol. The largest absolute Gasteiger partial charge is 0.327 e. The molecule has 5 nitrogen and oxygen atoms in total. The van der Waals surface area contributed by atoms with E-state index in [1.165, 1.54) is 14.6 Å². The predicted octanol–water partition coefficient (Wildman–Crippen LogP) is 3.22. The third-order valence-electron chi connectivity index (χ3n) is 5.06. The van der Waals surface area contributed by atoms with Crippen LogP contribution in [0, 0.1) is 11.3 Å². The number of carbonyl (C=O) groups excluding carboxylic acids is 1. The highest BCUT2D eigenvalue weighted by atomic mass is 35.5. The van der Waals surface area contributed by atoms with Crippen LogP contribution in [0.1, 0.15) is 29.3 Å². The van der Waals surface area contributed by atoms with E-state index in [2.05, 4.69) is 17.5 Å². The van der Waals surface area contributed by atoms with Gasteiger partial charge in [-0.2, -0.15) is 5.26 Å². The number of halogens is 1. The lowest BCUT2D eigenvalue weighted by Crippen LogP contribution is -3.14. The van der Waals surface area contributed by atoms with E-state index in [1.807, 2.05) is 18.2 Å². The average Bonchev–Trinajstić information content (AvgIpc) is 3.13. The summed E-state index contributed by atoms with van der Waals surface area (Å²) in [4.78, 5) is 18.6. The van der Waals surface area contributed by atoms with Gasteiger partial charge >= 0.3 is 0 Å². The number of aromatic nitrogens is 1. The Kier molecular flexibility index (Phi) is 5.58. The van der Waals surface area contributed by atoms with Crippen LogP contribution in [0.2, 0.25) is 5.02 Å². The first-order valence-electron chi connectivity index (χ1n) is 9.31. The summed E-state index contributed by atoms with van der Waals surface area (Å²) in [6.07, 6.45) is 2.18. The quantitative estimate of drug-likeness (QED) is 0.692. The second kappa shape index (κ2) is 8.27. The van der Waals surface area contributed by atoms with Gasteiger partial charge in [-0.3, -0.25) is 4.79 Å². The molecule has 0 saturated carbocycles. The number of nitriles is 1. The smallest absolute Gasteiger partial charge is 0.279 e. The Labute approximate surface area is 172 Å². The minimum Gasteiger partial charge on any atom is -0.327 e. The van der Waals surface area contributed by atoms with Crippen LogP contribution in [0.15, 0.2) is 42.5 Å². The molecular formula is C21H20ClN4OS+. The molecule has 1 unspecified atom stereocenters. The van der Waals surface area contributed by atoms with Crippen LogP contribution < -0.4 is 10.2 Å². The number of quaternary nitrogens is 1. The van der Waals surface area contributed by atoms with Crippen molar-refractivity contribution in [3.05, 3.63) is 58.1 Å². The highest BCUT2D eigenvalue weighted by Gasteiger charge is 2.28. The Hall–Kier alpha value is -2.46. The maximum absolute atomic E-state index is 12.5. The van der Waals surface area contributed by atoms with Gasteiger partial charge in [0, 0.05) is 5.02 Å². The lowest BCUT2D eigenvalue weighted by Gasteiger charge is -2.28. The number of fused-ring (bicyclic) bond motifs is 1. The zero-order valence-corrected chi connectivity index (χ0v) is 16.8. The molecule has 142 valence electrons. The van der Waals surface area contributed by atoms with Gasteiger partial charge < -0.3 is 10.2 Å². The van der Waals surface area contributed by atoms with Crippen LogP contribution in [0.5, 0.6) is 0 Å². The number of likely N-dealkylation sites (tertiary alicyclic amines) is 1. The van der Waals surface area contributed by atoms with E-state index in [-0.39, 0.29) is 5.91 Å². The molecule has 0 spiro atoms. The van der Waals surface area contributed by atoms with Crippen molar-refractivity contribution in [2.24, 2.45) is 0 Å². The van der Waals surface area contributed by atoms with Crippen molar-refractivity contribution in [2.75, 3.05) is 25.0 Å². The van der Waals surface area contributed by atoms with Crippen molar-refractivity contribution < 1.29 is 9.69 Å². The fraction of sp³-hybridized carbons (Fsp3) is 0.286. The summed E-state index contributed by atoms with van der Waals surface area (Å²) in [7, 11) is 0. The number of hydrogen-bond acceptors (Lipinski definition) is 4. The molecule has 3 aromatic rings. The number of nitrogens with zero attached hydrogens (tertiary/aromatic N) is 2. The maximum Gasteiger partial charge on any atom is 0.279 e. The summed E-state index contributed by atoms with van der Waals surface area (Å²) in [5, 5.41) is 13.7. The Balaban J connectivity index is 1.42. The number of rotatable bonds is 4. The second-order valence-electron chi connectivity index (χ2n) is 7.09. The van der Waals surface area contributed by atoms with Gasteiger partial charge in [-0.05, 0) is 43.2 Å². The van der Waals surface area contributed by atoms with E-state index < -0.39 is 0 Å². The van der Waals surface area contributed by atoms with Crippen molar-refractivity contribution in [2.45, 2.75) is 18.8 Å². The van der Waals surface area contributed by atoms with Gasteiger partial charge in [-0.25, -0.2) is 4.98 Å². The number of nitrogens with one attached hydrogen (secondary N) is 2. The van der Waals surface area contributed by atoms with Gasteiger partial charge in [0.2, 0.25) is 0 Å². The molecule has 2 atom stereocenters. The zero-order chi connectivity index (χ0) is 19.5. The summed E-state index contributed by atoms with van der Waals surface area (Å²) in [5.74, 6) is 0.286. The highest BCUT2D eigenvalue weighted by molar-refractivity contribution is 7.18. The minimum absolute atomic E-state index is 0.0984. The molecule has 0 radical (unpaired) electrons. The number of amides is 1. The molecule has 1 aliphatic heterocycles. The van der Waals surface area contributed by atoms with Crippen LogP contribution in [-0.2, 0) is 4.79 Å². The van der Waals surface area contributed by atoms with Crippen LogP contribution in [-0.4, -0.2) is 30.5 Å². The van der Waals surface area contributed by atoms with Crippen LogP contribution >= 0.6 is 22.9 Å². The number of para-hydroxylation sites is 1. The Morgan fingerprint density at radius 2 is 2.21 bits per heavy atom. The van der Waals surface area contributed by atoms with Gasteiger partial charge in [0.05, 0.1) is 40.5 Å². The standard InChI is InChI=1S/C21H19ClN4OS/c22-16-8-7-14(11-23)18(10-16)24-20(27)13-26-9-3-4-15(12-26)21-25-17-5-1-2-6-19(17)28-21/h1-2,5-8,10,15H,3-4,9,12-13H2,(H,24,27)/p+1/t15-/m0/s1. The Morgan fingerprint density at radius 3 is 3.04 bits per heavy atom. The molecule has 4 rings (SSSR count). The van der Waals surface area contributed by atoms with Crippen molar-refractivity contribution in [3.8, 4) is 6.07 Å². The third-order valence-corrected chi connectivity index (χ3v) is 6.50. The summed E-state index contributed by atoms with van der Waals surface area (Å²) in [6.45, 7) is 2.24. The number of hydrogen-bond donors (Lipinski definition) is 2. The molecule has 28 heavy (non-hydrogen) atoms. The van der Waals surface area contributed by atoms with Gasteiger partial charge in [-0.15, -0.1) is 11.3 Å². The number of carbonyl (C=O) groups is 1. The van der Waals surface area contributed by atoms with Gasteiger partial charge in [0.25, 0.3) is 5.91 Å². The first-order valence-corrected chi connectivity index (χ1v) is 10.5. The van der Waals surface area contributed by atoms with Crippen LogP contribution in [0.25, 0.3) is 10.2 Å². The van der Waals surface area contributed by atoms with E-state index in [4.69, 9.17) is 16.6 Å². The van der Waals surface area contributed by atoms with Crippen LogP contribution in [0.3, 0.4) is 0 Å². The summed E-state index contributed by atoms with van der Waals surface area (Å²) in [5.41, 5.74) is 1.94. The average molecular weight is 412 g/mol. The van der Waals surface area contributed by atoms with Crippen LogP contribution in [0.4, 0.5) is 5.69 Å². The van der Waals surface area contributed by atoms with Crippen molar-refractivity contribution >= 4 is 44.7 Å². The lowest BCUT2D eigenvalue weighted by molar-refractivity contribution is -0.898. The van der Waals surface area contributed by atoms with E-state index in [9.17, 15) is 10.1 Å². The first-order chi connectivity index (χ1) is 13.6. The molecule has 1 saturated heterocycles. The van der Waals surface area contributed by atoms with Crippen molar-refractivity contribution in [1.82, 2.24) is 4.98 Å². The van der Waals surface area contributed by atoms with E-state index in [0.29, 0.717) is 28.7 Å². The van der Waals surface area contributed by atoms with Gasteiger partial charge in [0.15, 0.2) is 6.54 Å². The SMILES string of the molecule is N#Cc1ccc(Cl)cc1NC(=O)C[NH+]1CCC[C@H](c2nc3ccccc3s2)C1. The summed E-state index contributed by atoms with van der Waals surface area (Å²) >= 11 is 7.76. The fourth-order valence-electron chi connectivity index (χ4n) is 3.73. The topological polar surface area (TPSA) is 70.2 Å². The monoisotopic (exact) mass is 411 g/mol. The molecule has 7 heteroatoms. The minimum atomic E-state index is -0.0984. The molecule has 1 aromatic heterocycles. The van der Waals surface area contributed by atoms with E-state index in [1.54, 1.807) is 29.5 Å². The number of thiazole rings is 1. The molecule has 2 aromatic carbocycles. The number of benzene rings is 2. The highest BCUT2D eigenvalue weighted by Crippen LogP contribution is 2.30. The van der Waals surface area contributed by atoms with Crippen molar-refractivity contribution in [1.29, 1.82) is 5.26 Å². The molecule has 2 heterocycles. The second-order valence-corrected chi connectivity index (χ2v) is 8.59. The first kappa shape index (κ1) is 18.9. The Bertz CT molecular complexity index is 1020. The van der Waals surface area contributed by atoms with Crippen molar-refractivity contribution in [3.63, 3.8) is 0 Å². The summed E-state index contributed by atoms with van der Waals surface area (Å²) in [6, 6.07) is 15.2. The molecule has 1 amide bonds. The summed E-state index contributed by atoms with van der Waals surface area (Å²) < 4.78 is 1.22. The number of piperidine rings is 1. The van der Waals surface area contributed by atoms with E-state index in [0.717, 1.165) is 31.4 Å². The molecule has 1 fully saturated rings. The van der Waals surface area contributed by atoms with Gasteiger partial charge in [-0.1, -0.05) is 23.7 Å². The number of anilines is 1. The zero-order valence-electron chi connectivity index (χ0n) is 15.2. The maximum atomic E-state index is 12.5. The fourth-order valence-corrected chi connectivity index (χ4v) is 5.00.